The fourth-order valence-corrected chi connectivity index (χ4v) is 2.27. The third-order valence-corrected chi connectivity index (χ3v) is 4.04. The van der Waals surface area contributed by atoms with E-state index in [0.29, 0.717) is 10.7 Å². The number of nitrogens with two attached hydrogens (primary N) is 1. The minimum Gasteiger partial charge on any atom is -0.397 e. The van der Waals surface area contributed by atoms with Crippen molar-refractivity contribution in [3.8, 4) is 0 Å². The highest BCUT2D eigenvalue weighted by Crippen LogP contribution is 2.31. The summed E-state index contributed by atoms with van der Waals surface area (Å²) in [5.74, 6) is 0. The number of H-pyrrole nitrogens is 1. The molecule has 0 aliphatic carbocycles. The van der Waals surface area contributed by atoms with E-state index >= 15 is 0 Å². The number of hydrogen-bond acceptors (Lipinski definition) is 3. The summed E-state index contributed by atoms with van der Waals surface area (Å²) in [4.78, 5) is 0. The van der Waals surface area contributed by atoms with Gasteiger partial charge in [0.05, 0.1) is 28.1 Å². The van der Waals surface area contributed by atoms with Crippen LogP contribution in [0.1, 0.15) is 0 Å². The zero-order valence-corrected chi connectivity index (χ0v) is 12.1. The van der Waals surface area contributed by atoms with Crippen LogP contribution in [0.25, 0.3) is 10.9 Å². The van der Waals surface area contributed by atoms with E-state index in [9.17, 15) is 0 Å². The van der Waals surface area contributed by atoms with Gasteiger partial charge in [-0.1, -0.05) is 11.6 Å². The summed E-state index contributed by atoms with van der Waals surface area (Å²) in [5, 5.41) is 11.8. The van der Waals surface area contributed by atoms with Gasteiger partial charge < -0.3 is 11.1 Å². The molecule has 1 heterocycles. The molecule has 6 heteroatoms. The molecule has 19 heavy (non-hydrogen) atoms. The molecule has 0 aliphatic heterocycles. The van der Waals surface area contributed by atoms with Gasteiger partial charge in [-0.05, 0) is 46.3 Å². The number of hydrogen-bond donors (Lipinski definition) is 3. The minimum atomic E-state index is 0.645. The first kappa shape index (κ1) is 12.3. The van der Waals surface area contributed by atoms with Crippen molar-refractivity contribution in [2.75, 3.05) is 11.1 Å². The van der Waals surface area contributed by atoms with E-state index in [2.05, 4.69) is 31.4 Å². The lowest BCUT2D eigenvalue weighted by Gasteiger charge is -2.10. The maximum absolute atomic E-state index is 6.06. The molecule has 0 fully saturated rings. The normalized spacial score (nSPS) is 10.8. The number of fused-ring (bicyclic) bond motifs is 1. The van der Waals surface area contributed by atoms with E-state index in [-0.39, 0.29) is 0 Å². The van der Waals surface area contributed by atoms with E-state index < -0.39 is 0 Å². The van der Waals surface area contributed by atoms with Crippen molar-refractivity contribution in [3.63, 3.8) is 0 Å². The third-order valence-electron chi connectivity index (χ3n) is 2.81. The van der Waals surface area contributed by atoms with E-state index in [4.69, 9.17) is 17.3 Å². The molecule has 0 saturated heterocycles. The van der Waals surface area contributed by atoms with Crippen LogP contribution in [0.5, 0.6) is 0 Å². The maximum Gasteiger partial charge on any atom is 0.0672 e. The molecule has 2 aromatic carbocycles. The molecular weight excluding hydrogens is 328 g/mol. The van der Waals surface area contributed by atoms with Gasteiger partial charge in [0.25, 0.3) is 0 Å². The molecular formula is C13H10BrClN4. The number of benzene rings is 2. The molecule has 0 aliphatic rings. The Morgan fingerprint density at radius 2 is 2.11 bits per heavy atom. The second kappa shape index (κ2) is 4.75. The molecule has 0 atom stereocenters. The standard InChI is InChI=1S/C13H10BrClN4/c14-9-2-1-8(4-10(9)15)18-13-5-12-7(3-11(13)16)6-17-19-12/h1-6,18H,16H2,(H,17,19). The summed E-state index contributed by atoms with van der Waals surface area (Å²) in [7, 11) is 0. The minimum absolute atomic E-state index is 0.645. The maximum atomic E-state index is 6.06. The molecule has 0 unspecified atom stereocenters. The highest BCUT2D eigenvalue weighted by molar-refractivity contribution is 9.10. The second-order valence-corrected chi connectivity index (χ2v) is 5.41. The number of aromatic amines is 1. The number of anilines is 3. The van der Waals surface area contributed by atoms with Crippen LogP contribution in [-0.4, -0.2) is 10.2 Å². The van der Waals surface area contributed by atoms with Gasteiger partial charge in [0.2, 0.25) is 0 Å². The Labute approximate surface area is 123 Å². The molecule has 0 radical (unpaired) electrons. The topological polar surface area (TPSA) is 66.7 Å². The predicted molar refractivity (Wildman–Crippen MR) is 82.9 cm³/mol. The molecule has 96 valence electrons. The van der Waals surface area contributed by atoms with Crippen molar-refractivity contribution in [2.24, 2.45) is 0 Å². The Balaban J connectivity index is 1.99. The summed E-state index contributed by atoms with van der Waals surface area (Å²) in [6, 6.07) is 9.44. The van der Waals surface area contributed by atoms with Crippen LogP contribution in [0.4, 0.5) is 17.1 Å². The van der Waals surface area contributed by atoms with Crippen molar-refractivity contribution >= 4 is 55.5 Å². The zero-order valence-electron chi connectivity index (χ0n) is 9.74. The largest absolute Gasteiger partial charge is 0.397 e. The molecule has 1 aromatic heterocycles. The van der Waals surface area contributed by atoms with Gasteiger partial charge in [-0.3, -0.25) is 5.10 Å². The Bertz CT molecular complexity index is 753. The first-order valence-corrected chi connectivity index (χ1v) is 6.75. The summed E-state index contributed by atoms with van der Waals surface area (Å²) < 4.78 is 0.858. The average Bonchev–Trinajstić information content (AvgIpc) is 2.81. The van der Waals surface area contributed by atoms with Gasteiger partial charge in [0.1, 0.15) is 0 Å². The lowest BCUT2D eigenvalue weighted by Crippen LogP contribution is -1.96. The highest BCUT2D eigenvalue weighted by Gasteiger charge is 2.05. The molecule has 0 saturated carbocycles. The van der Waals surface area contributed by atoms with Crippen molar-refractivity contribution in [3.05, 3.63) is 46.0 Å². The first-order valence-electron chi connectivity index (χ1n) is 5.58. The van der Waals surface area contributed by atoms with Crippen LogP contribution in [0.15, 0.2) is 41.0 Å². The van der Waals surface area contributed by atoms with Gasteiger partial charge in [-0.2, -0.15) is 5.10 Å². The van der Waals surface area contributed by atoms with E-state index in [1.807, 2.05) is 30.3 Å². The van der Waals surface area contributed by atoms with Crippen LogP contribution < -0.4 is 11.1 Å². The van der Waals surface area contributed by atoms with E-state index in [1.54, 1.807) is 6.20 Å². The van der Waals surface area contributed by atoms with Gasteiger partial charge in [0.15, 0.2) is 0 Å². The molecule has 4 nitrogen and oxygen atoms in total. The van der Waals surface area contributed by atoms with Crippen LogP contribution in [0, 0.1) is 0 Å². The number of nitrogen functional groups attached to an aromatic ring is 1. The van der Waals surface area contributed by atoms with Gasteiger partial charge >= 0.3 is 0 Å². The molecule has 3 rings (SSSR count). The fourth-order valence-electron chi connectivity index (χ4n) is 1.85. The first-order chi connectivity index (χ1) is 9.13. The van der Waals surface area contributed by atoms with E-state index in [0.717, 1.165) is 26.8 Å². The van der Waals surface area contributed by atoms with Crippen LogP contribution in [0.2, 0.25) is 5.02 Å². The lowest BCUT2D eigenvalue weighted by atomic mass is 10.2. The number of nitrogens with one attached hydrogen (secondary N) is 2. The Hall–Kier alpha value is -1.72. The van der Waals surface area contributed by atoms with Crippen molar-refractivity contribution in [1.82, 2.24) is 10.2 Å². The predicted octanol–water partition coefficient (Wildman–Crippen LogP) is 4.30. The van der Waals surface area contributed by atoms with Crippen LogP contribution in [0.3, 0.4) is 0 Å². The van der Waals surface area contributed by atoms with Crippen LogP contribution in [-0.2, 0) is 0 Å². The number of aromatic nitrogens is 2. The zero-order chi connectivity index (χ0) is 13.4. The molecule has 0 spiro atoms. The number of rotatable bonds is 2. The van der Waals surface area contributed by atoms with Crippen molar-refractivity contribution < 1.29 is 0 Å². The van der Waals surface area contributed by atoms with E-state index in [1.165, 1.54) is 0 Å². The second-order valence-electron chi connectivity index (χ2n) is 4.15. The summed E-state index contributed by atoms with van der Waals surface area (Å²) >= 11 is 9.42. The van der Waals surface area contributed by atoms with Gasteiger partial charge in [0, 0.05) is 15.5 Å². The Kier molecular flexibility index (Phi) is 3.08. The lowest BCUT2D eigenvalue weighted by molar-refractivity contribution is 1.12. The Morgan fingerprint density at radius 1 is 1.26 bits per heavy atom. The third kappa shape index (κ3) is 2.39. The molecule has 0 bridgehead atoms. The molecule has 3 aromatic rings. The number of nitrogens with zero attached hydrogens (tertiary/aromatic N) is 1. The van der Waals surface area contributed by atoms with Gasteiger partial charge in [-0.15, -0.1) is 0 Å². The highest BCUT2D eigenvalue weighted by atomic mass is 79.9. The summed E-state index contributed by atoms with van der Waals surface area (Å²) in [6.45, 7) is 0. The smallest absolute Gasteiger partial charge is 0.0672 e. The summed E-state index contributed by atoms with van der Waals surface area (Å²) in [6.07, 6.45) is 1.74. The van der Waals surface area contributed by atoms with Crippen molar-refractivity contribution in [2.45, 2.75) is 0 Å². The van der Waals surface area contributed by atoms with Crippen molar-refractivity contribution in [1.29, 1.82) is 0 Å². The Morgan fingerprint density at radius 3 is 2.89 bits per heavy atom. The average molecular weight is 338 g/mol. The summed E-state index contributed by atoms with van der Waals surface area (Å²) in [5.41, 5.74) is 9.29. The monoisotopic (exact) mass is 336 g/mol. The quantitative estimate of drug-likeness (QED) is 0.611. The SMILES string of the molecule is Nc1cc2cn[nH]c2cc1Nc1ccc(Br)c(Cl)c1. The van der Waals surface area contributed by atoms with Crippen LogP contribution >= 0.6 is 27.5 Å². The van der Waals surface area contributed by atoms with Gasteiger partial charge in [-0.25, -0.2) is 0 Å². The number of halogens is 2. The fraction of sp³-hybridized carbons (Fsp3) is 0. The molecule has 4 N–H and O–H groups in total. The molecule has 0 amide bonds.